The van der Waals surface area contributed by atoms with Crippen molar-refractivity contribution in [2.75, 3.05) is 0 Å². The lowest BCUT2D eigenvalue weighted by Crippen LogP contribution is -1.83. The van der Waals surface area contributed by atoms with E-state index in [1.54, 1.807) is 0 Å². The first-order chi connectivity index (χ1) is 9.88. The molecule has 4 rings (SSSR count). The van der Waals surface area contributed by atoms with Crippen LogP contribution < -0.4 is 0 Å². The van der Waals surface area contributed by atoms with E-state index in [1.165, 1.54) is 29.9 Å². The molecule has 0 atom stereocenters. The second-order valence-electron chi connectivity index (χ2n) is 5.00. The van der Waals surface area contributed by atoms with Gasteiger partial charge in [-0.2, -0.15) is 0 Å². The predicted molar refractivity (Wildman–Crippen MR) is 91.1 cm³/mol. The molecule has 0 spiro atoms. The zero-order valence-corrected chi connectivity index (χ0v) is 12.6. The SMILES string of the molecule is c1ccc2sc(CCc3cc4ccccc4s3)cc2c1. The summed E-state index contributed by atoms with van der Waals surface area (Å²) in [6.45, 7) is 0. The van der Waals surface area contributed by atoms with E-state index in [4.69, 9.17) is 0 Å². The Labute approximate surface area is 126 Å². The van der Waals surface area contributed by atoms with Gasteiger partial charge in [-0.15, -0.1) is 22.7 Å². The molecule has 0 radical (unpaired) electrons. The minimum atomic E-state index is 1.15. The Morgan fingerprint density at radius 1 is 0.600 bits per heavy atom. The highest BCUT2D eigenvalue weighted by atomic mass is 32.1. The molecule has 98 valence electrons. The van der Waals surface area contributed by atoms with Crippen molar-refractivity contribution in [1.29, 1.82) is 0 Å². The van der Waals surface area contributed by atoms with Gasteiger partial charge in [-0.3, -0.25) is 0 Å². The van der Waals surface area contributed by atoms with Crippen molar-refractivity contribution in [3.8, 4) is 0 Å². The second-order valence-corrected chi connectivity index (χ2v) is 7.34. The predicted octanol–water partition coefficient (Wildman–Crippen LogP) is 5.90. The van der Waals surface area contributed by atoms with E-state index in [1.807, 2.05) is 22.7 Å². The zero-order chi connectivity index (χ0) is 13.4. The lowest BCUT2D eigenvalue weighted by molar-refractivity contribution is 1.01. The molecule has 0 fully saturated rings. The van der Waals surface area contributed by atoms with Gasteiger partial charge >= 0.3 is 0 Å². The van der Waals surface area contributed by atoms with E-state index in [9.17, 15) is 0 Å². The summed E-state index contributed by atoms with van der Waals surface area (Å²) < 4.78 is 2.80. The van der Waals surface area contributed by atoms with Gasteiger partial charge in [-0.25, -0.2) is 0 Å². The molecule has 0 unspecified atom stereocenters. The van der Waals surface area contributed by atoms with Crippen LogP contribution >= 0.6 is 22.7 Å². The number of hydrogen-bond donors (Lipinski definition) is 0. The van der Waals surface area contributed by atoms with Gasteiger partial charge in [0.25, 0.3) is 0 Å². The first-order valence-electron chi connectivity index (χ1n) is 6.83. The molecular formula is C18H14S2. The van der Waals surface area contributed by atoms with E-state index in [-0.39, 0.29) is 0 Å². The molecule has 0 aliphatic rings. The van der Waals surface area contributed by atoms with Crippen LogP contribution in [0.1, 0.15) is 9.75 Å². The lowest BCUT2D eigenvalue weighted by Gasteiger charge is -1.93. The van der Waals surface area contributed by atoms with Crippen LogP contribution in [0.5, 0.6) is 0 Å². The van der Waals surface area contributed by atoms with Crippen LogP contribution in [0.2, 0.25) is 0 Å². The summed E-state index contributed by atoms with van der Waals surface area (Å²) in [5.74, 6) is 0. The van der Waals surface area contributed by atoms with Gasteiger partial charge in [0.2, 0.25) is 0 Å². The number of hydrogen-bond acceptors (Lipinski definition) is 2. The summed E-state index contributed by atoms with van der Waals surface area (Å²) in [4.78, 5) is 2.98. The van der Waals surface area contributed by atoms with Crippen molar-refractivity contribution >= 4 is 42.8 Å². The maximum absolute atomic E-state index is 2.34. The fourth-order valence-electron chi connectivity index (χ4n) is 2.57. The van der Waals surface area contributed by atoms with E-state index in [2.05, 4.69) is 60.7 Å². The summed E-state index contributed by atoms with van der Waals surface area (Å²) in [5.41, 5.74) is 0. The molecule has 0 amide bonds. The topological polar surface area (TPSA) is 0 Å². The van der Waals surface area contributed by atoms with Gasteiger partial charge in [0.1, 0.15) is 0 Å². The number of thiophene rings is 2. The summed E-state index contributed by atoms with van der Waals surface area (Å²) in [6, 6.07) is 22.0. The monoisotopic (exact) mass is 294 g/mol. The molecule has 2 aromatic carbocycles. The molecule has 0 aliphatic carbocycles. The molecule has 0 nitrogen and oxygen atoms in total. The maximum atomic E-state index is 2.34. The normalized spacial score (nSPS) is 11.4. The highest BCUT2D eigenvalue weighted by molar-refractivity contribution is 7.19. The number of benzene rings is 2. The highest BCUT2D eigenvalue weighted by Crippen LogP contribution is 2.29. The zero-order valence-electron chi connectivity index (χ0n) is 11.0. The fraction of sp³-hybridized carbons (Fsp3) is 0.111. The van der Waals surface area contributed by atoms with E-state index >= 15 is 0 Å². The smallest absolute Gasteiger partial charge is 0.0345 e. The molecule has 4 aromatic rings. The average molecular weight is 294 g/mol. The number of aryl methyl sites for hydroxylation is 2. The van der Waals surface area contributed by atoms with Crippen molar-refractivity contribution in [3.63, 3.8) is 0 Å². The summed E-state index contributed by atoms with van der Waals surface area (Å²) in [5, 5.41) is 2.76. The van der Waals surface area contributed by atoms with Gasteiger partial charge < -0.3 is 0 Å². The standard InChI is InChI=1S/C18H14S2/c1-3-7-17-13(5-1)11-15(19-17)9-10-16-12-14-6-2-4-8-18(14)20-16/h1-8,11-12H,9-10H2. The Kier molecular flexibility index (Phi) is 3.06. The van der Waals surface area contributed by atoms with Crippen molar-refractivity contribution in [2.24, 2.45) is 0 Å². The van der Waals surface area contributed by atoms with Crippen molar-refractivity contribution < 1.29 is 0 Å². The van der Waals surface area contributed by atoms with Gasteiger partial charge in [-0.05, 0) is 47.9 Å². The Bertz CT molecular complexity index is 727. The van der Waals surface area contributed by atoms with Crippen molar-refractivity contribution in [1.82, 2.24) is 0 Å². The van der Waals surface area contributed by atoms with Crippen LogP contribution in [0.4, 0.5) is 0 Å². The van der Waals surface area contributed by atoms with Crippen molar-refractivity contribution in [2.45, 2.75) is 12.8 Å². The molecular weight excluding hydrogens is 280 g/mol. The number of rotatable bonds is 3. The van der Waals surface area contributed by atoms with Crippen LogP contribution in [-0.2, 0) is 12.8 Å². The molecule has 0 aliphatic heterocycles. The first kappa shape index (κ1) is 12.1. The van der Waals surface area contributed by atoms with Crippen LogP contribution in [0.25, 0.3) is 20.2 Å². The highest BCUT2D eigenvalue weighted by Gasteiger charge is 2.04. The van der Waals surface area contributed by atoms with E-state index in [0.29, 0.717) is 0 Å². The first-order valence-corrected chi connectivity index (χ1v) is 8.47. The molecule has 0 N–H and O–H groups in total. The van der Waals surface area contributed by atoms with Crippen LogP contribution in [0, 0.1) is 0 Å². The molecule has 2 heteroatoms. The van der Waals surface area contributed by atoms with Crippen LogP contribution in [-0.4, -0.2) is 0 Å². The fourth-order valence-corrected chi connectivity index (χ4v) is 4.69. The molecule has 2 heterocycles. The van der Waals surface area contributed by atoms with E-state index in [0.717, 1.165) is 12.8 Å². The molecule has 0 saturated carbocycles. The third-order valence-corrected chi connectivity index (χ3v) is 5.92. The van der Waals surface area contributed by atoms with Crippen LogP contribution in [0.3, 0.4) is 0 Å². The minimum absolute atomic E-state index is 1.15. The van der Waals surface area contributed by atoms with E-state index < -0.39 is 0 Å². The van der Waals surface area contributed by atoms with Gasteiger partial charge in [0, 0.05) is 19.2 Å². The summed E-state index contributed by atoms with van der Waals surface area (Å²) >= 11 is 3.86. The Morgan fingerprint density at radius 3 is 1.50 bits per heavy atom. The summed E-state index contributed by atoms with van der Waals surface area (Å²) in [7, 11) is 0. The van der Waals surface area contributed by atoms with Gasteiger partial charge in [-0.1, -0.05) is 36.4 Å². The number of fused-ring (bicyclic) bond motifs is 2. The average Bonchev–Trinajstić information content (AvgIpc) is 3.07. The molecule has 0 bridgehead atoms. The minimum Gasteiger partial charge on any atom is -0.140 e. The van der Waals surface area contributed by atoms with Crippen LogP contribution in [0.15, 0.2) is 60.7 Å². The van der Waals surface area contributed by atoms with Gasteiger partial charge in [0.15, 0.2) is 0 Å². The largest absolute Gasteiger partial charge is 0.140 e. The summed E-state index contributed by atoms with van der Waals surface area (Å²) in [6.07, 6.45) is 2.29. The third-order valence-electron chi connectivity index (χ3n) is 3.57. The third kappa shape index (κ3) is 2.26. The molecule has 0 saturated heterocycles. The Morgan fingerprint density at radius 2 is 1.05 bits per heavy atom. The quantitative estimate of drug-likeness (QED) is 0.441. The molecule has 20 heavy (non-hydrogen) atoms. The van der Waals surface area contributed by atoms with Gasteiger partial charge in [0.05, 0.1) is 0 Å². The van der Waals surface area contributed by atoms with Crippen molar-refractivity contribution in [3.05, 3.63) is 70.4 Å². The second kappa shape index (κ2) is 5.04. The maximum Gasteiger partial charge on any atom is 0.0345 e. The Balaban J connectivity index is 1.57. The molecule has 2 aromatic heterocycles. The Hall–Kier alpha value is -1.64. The lowest BCUT2D eigenvalue weighted by atomic mass is 10.2.